The Balaban J connectivity index is 1.24. The molecule has 5 rings (SSSR count). The van der Waals surface area contributed by atoms with Crippen LogP contribution in [0.2, 0.25) is 0 Å². The molecule has 0 amide bonds. The number of likely N-dealkylation sites (tertiary alicyclic amines) is 1. The number of fused-ring (bicyclic) bond motifs is 1. The first-order valence-electron chi connectivity index (χ1n) is 16.9. The van der Waals surface area contributed by atoms with Gasteiger partial charge in [-0.25, -0.2) is 13.4 Å². The minimum atomic E-state index is -3.92. The molecule has 0 radical (unpaired) electrons. The van der Waals surface area contributed by atoms with Crippen LogP contribution in [0.5, 0.6) is 11.8 Å². The van der Waals surface area contributed by atoms with Gasteiger partial charge in [-0.05, 0) is 121 Å². The summed E-state index contributed by atoms with van der Waals surface area (Å²) in [6.07, 6.45) is 9.08. The van der Waals surface area contributed by atoms with Crippen molar-refractivity contribution in [3.8, 4) is 11.8 Å². The molecule has 2 aliphatic heterocycles. The van der Waals surface area contributed by atoms with Crippen molar-refractivity contribution in [1.82, 2.24) is 19.8 Å². The summed E-state index contributed by atoms with van der Waals surface area (Å²) >= 11 is 0. The number of hydrogen-bond donors (Lipinski definition) is 1. The number of anilines is 1. The number of unbranched alkanes of at least 4 members (excludes halogenated alkanes) is 1. The second-order valence-electron chi connectivity index (χ2n) is 13.4. The van der Waals surface area contributed by atoms with Crippen LogP contribution in [-0.2, 0) is 16.4 Å². The Morgan fingerprint density at radius 1 is 1.11 bits per heavy atom. The van der Waals surface area contributed by atoms with Gasteiger partial charge in [0.2, 0.25) is 0 Å². The fourth-order valence-corrected chi connectivity index (χ4v) is 9.40. The Bertz CT molecular complexity index is 1600. The smallest absolute Gasteiger partial charge is 0.316 e. The van der Waals surface area contributed by atoms with Crippen molar-refractivity contribution < 1.29 is 17.9 Å². The third kappa shape index (κ3) is 7.58. The number of methoxy groups -OCH3 is 1. The minimum absolute atomic E-state index is 0.0975. The summed E-state index contributed by atoms with van der Waals surface area (Å²) in [4.78, 5) is 14.2. The monoisotopic (exact) mass is 664 g/mol. The van der Waals surface area contributed by atoms with Gasteiger partial charge in [0.05, 0.1) is 29.4 Å². The zero-order chi connectivity index (χ0) is 33.8. The highest BCUT2D eigenvalue weighted by molar-refractivity contribution is 7.93. The van der Waals surface area contributed by atoms with E-state index in [1.165, 1.54) is 36.4 Å². The molecular formula is C36H52N6O4S. The first-order valence-corrected chi connectivity index (χ1v) is 18.3. The number of sulfonamides is 1. The zero-order valence-corrected chi connectivity index (χ0v) is 29.7. The van der Waals surface area contributed by atoms with Gasteiger partial charge in [-0.2, -0.15) is 4.98 Å². The highest BCUT2D eigenvalue weighted by atomic mass is 32.2. The molecule has 2 aromatic carbocycles. The summed E-state index contributed by atoms with van der Waals surface area (Å²) in [5.41, 5.74) is 10.6. The van der Waals surface area contributed by atoms with Crippen molar-refractivity contribution in [3.63, 3.8) is 0 Å². The van der Waals surface area contributed by atoms with E-state index in [2.05, 4.69) is 40.8 Å². The van der Waals surface area contributed by atoms with Gasteiger partial charge in [0, 0.05) is 17.8 Å². The Morgan fingerprint density at radius 3 is 2.47 bits per heavy atom. The molecule has 256 valence electrons. The Kier molecular flexibility index (Phi) is 11.1. The molecule has 2 aliphatic rings. The predicted octanol–water partition coefficient (Wildman–Crippen LogP) is 5.28. The third-order valence-corrected chi connectivity index (χ3v) is 12.3. The molecule has 2 atom stereocenters. The van der Waals surface area contributed by atoms with Crippen molar-refractivity contribution in [1.29, 1.82) is 0 Å². The Morgan fingerprint density at radius 2 is 1.81 bits per heavy atom. The van der Waals surface area contributed by atoms with E-state index in [1.54, 1.807) is 39.3 Å². The summed E-state index contributed by atoms with van der Waals surface area (Å²) < 4.78 is 41.6. The molecule has 1 fully saturated rings. The van der Waals surface area contributed by atoms with Gasteiger partial charge in [-0.15, -0.1) is 0 Å². The summed E-state index contributed by atoms with van der Waals surface area (Å²) in [5, 5.41) is 0. The maximum atomic E-state index is 14.3. The molecule has 0 bridgehead atoms. The van der Waals surface area contributed by atoms with Gasteiger partial charge in [0.15, 0.2) is 0 Å². The summed E-state index contributed by atoms with van der Waals surface area (Å²) in [5.74, 6) is 0.626. The maximum Gasteiger partial charge on any atom is 0.316 e. The van der Waals surface area contributed by atoms with Gasteiger partial charge < -0.3 is 25.0 Å². The lowest BCUT2D eigenvalue weighted by atomic mass is 9.81. The van der Waals surface area contributed by atoms with Crippen LogP contribution in [0.15, 0.2) is 53.6 Å². The normalized spacial score (nSPS) is 18.7. The van der Waals surface area contributed by atoms with Crippen LogP contribution >= 0.6 is 0 Å². The van der Waals surface area contributed by atoms with Gasteiger partial charge in [0.25, 0.3) is 10.0 Å². The summed E-state index contributed by atoms with van der Waals surface area (Å²) in [6, 6.07) is 12.4. The van der Waals surface area contributed by atoms with E-state index in [0.717, 1.165) is 37.3 Å². The van der Waals surface area contributed by atoms with Crippen LogP contribution in [0.3, 0.4) is 0 Å². The van der Waals surface area contributed by atoms with Gasteiger partial charge >= 0.3 is 6.01 Å². The van der Waals surface area contributed by atoms with Crippen molar-refractivity contribution in [2.24, 2.45) is 5.73 Å². The molecule has 10 nitrogen and oxygen atoms in total. The molecule has 3 heterocycles. The number of piperidine rings is 1. The third-order valence-electron chi connectivity index (χ3n) is 10.1. The Hall–Kier alpha value is -3.25. The van der Waals surface area contributed by atoms with Crippen molar-refractivity contribution in [2.75, 3.05) is 51.8 Å². The number of nitrogens with two attached hydrogens (primary N) is 1. The van der Waals surface area contributed by atoms with Crippen molar-refractivity contribution >= 4 is 15.7 Å². The van der Waals surface area contributed by atoms with Crippen LogP contribution in [0.4, 0.5) is 5.69 Å². The number of aryl methyl sites for hydroxylation is 2. The first-order chi connectivity index (χ1) is 22.5. The van der Waals surface area contributed by atoms with Crippen LogP contribution < -0.4 is 19.5 Å². The lowest BCUT2D eigenvalue weighted by Gasteiger charge is -2.46. The number of hydrogen-bond acceptors (Lipinski definition) is 9. The SMILES string of the molecule is CCCCC1(N(C)C)CCN(CCC(N)c2ccnc(OC[C@@H]3Cc4ccccc4N3S(=O)(=O)c3c(C)cc(OC)cc3C)n2)CC1. The quantitative estimate of drug-likeness (QED) is 0.246. The predicted molar refractivity (Wildman–Crippen MR) is 187 cm³/mol. The largest absolute Gasteiger partial charge is 0.497 e. The number of rotatable bonds is 14. The number of para-hydroxylation sites is 1. The van der Waals surface area contributed by atoms with Gasteiger partial charge in [0.1, 0.15) is 12.4 Å². The standard InChI is InChI=1S/C36H52N6O4S/c1-7-8-15-36(40(4)5)16-20-41(21-17-36)19-14-31(37)32-13-18-38-35(39-32)46-25-29-24-28-11-9-10-12-33(28)42(29)47(43,44)34-26(2)22-30(45-6)23-27(34)3/h9-13,18,22-23,29,31H,7-8,14-17,19-21,24-25,37H2,1-6H3/t29-,31?/m0/s1. The molecule has 0 saturated carbocycles. The molecule has 3 aromatic rings. The second kappa shape index (κ2) is 14.9. The van der Waals surface area contributed by atoms with Crippen molar-refractivity contribution in [3.05, 3.63) is 71.0 Å². The van der Waals surface area contributed by atoms with Crippen LogP contribution in [0.25, 0.3) is 0 Å². The van der Waals surface area contributed by atoms with Crippen molar-refractivity contribution in [2.45, 2.75) is 88.2 Å². The fourth-order valence-electron chi connectivity index (χ4n) is 7.31. The number of benzene rings is 2. The molecule has 47 heavy (non-hydrogen) atoms. The van der Waals surface area contributed by atoms with E-state index in [1.807, 2.05) is 30.3 Å². The number of nitrogens with zero attached hydrogens (tertiary/aromatic N) is 5. The highest BCUT2D eigenvalue weighted by Gasteiger charge is 2.40. The Labute approximate surface area is 281 Å². The summed E-state index contributed by atoms with van der Waals surface area (Å²) in [7, 11) is 2.10. The molecule has 1 unspecified atom stereocenters. The van der Waals surface area contributed by atoms with Gasteiger partial charge in [-0.1, -0.05) is 38.0 Å². The molecule has 2 N–H and O–H groups in total. The summed E-state index contributed by atoms with van der Waals surface area (Å²) in [6.45, 7) is 9.03. The van der Waals surface area contributed by atoms with E-state index in [9.17, 15) is 8.42 Å². The molecular weight excluding hydrogens is 613 g/mol. The lowest BCUT2D eigenvalue weighted by molar-refractivity contribution is 0.0463. The lowest BCUT2D eigenvalue weighted by Crippen LogP contribution is -2.52. The molecule has 1 aromatic heterocycles. The highest BCUT2D eigenvalue weighted by Crippen LogP contribution is 2.39. The van der Waals surface area contributed by atoms with E-state index in [4.69, 9.17) is 15.2 Å². The molecule has 1 saturated heterocycles. The minimum Gasteiger partial charge on any atom is -0.497 e. The first kappa shape index (κ1) is 35.1. The van der Waals surface area contributed by atoms with Gasteiger partial charge in [-0.3, -0.25) is 4.31 Å². The topological polar surface area (TPSA) is 114 Å². The molecule has 11 heteroatoms. The van der Waals surface area contributed by atoms with Crippen LogP contribution in [-0.4, -0.2) is 87.2 Å². The fraction of sp³-hybridized carbons (Fsp3) is 0.556. The van der Waals surface area contributed by atoms with Crippen LogP contribution in [0, 0.1) is 13.8 Å². The number of ether oxygens (including phenoxy) is 2. The van der Waals surface area contributed by atoms with E-state index >= 15 is 0 Å². The average molecular weight is 665 g/mol. The second-order valence-corrected chi connectivity index (χ2v) is 15.2. The van der Waals surface area contributed by atoms with E-state index in [-0.39, 0.29) is 23.6 Å². The average Bonchev–Trinajstić information content (AvgIpc) is 3.45. The molecule has 0 aliphatic carbocycles. The van der Waals surface area contributed by atoms with E-state index in [0.29, 0.717) is 34.5 Å². The maximum absolute atomic E-state index is 14.3. The zero-order valence-electron chi connectivity index (χ0n) is 28.9. The molecule has 0 spiro atoms. The number of aromatic nitrogens is 2. The van der Waals surface area contributed by atoms with E-state index < -0.39 is 16.1 Å². The van der Waals surface area contributed by atoms with Crippen LogP contribution in [0.1, 0.15) is 73.9 Å².